The Morgan fingerprint density at radius 1 is 1.75 bits per heavy atom. The molecule has 4 nitrogen and oxygen atoms in total. The Kier molecular flexibility index (Phi) is 5.32. The van der Waals surface area contributed by atoms with Gasteiger partial charge in [-0.3, -0.25) is 9.63 Å². The molecule has 0 bridgehead atoms. The van der Waals surface area contributed by atoms with Crippen LogP contribution < -0.4 is 5.48 Å². The highest BCUT2D eigenvalue weighted by molar-refractivity contribution is 5.73. The molecule has 0 aromatic carbocycles. The number of rotatable bonds is 6. The van der Waals surface area contributed by atoms with Crippen LogP contribution in [0, 0.1) is 5.92 Å². The molecule has 1 atom stereocenters. The molecule has 0 unspecified atom stereocenters. The van der Waals surface area contributed by atoms with E-state index in [4.69, 9.17) is 9.94 Å². The van der Waals surface area contributed by atoms with Crippen LogP contribution in [0.15, 0.2) is 12.7 Å². The summed E-state index contributed by atoms with van der Waals surface area (Å²) in [5, 5.41) is 8.67. The minimum atomic E-state index is -0.908. The Bertz CT molecular complexity index is 156. The quantitative estimate of drug-likeness (QED) is 0.354. The van der Waals surface area contributed by atoms with Crippen molar-refractivity contribution in [3.05, 3.63) is 12.7 Å². The van der Waals surface area contributed by atoms with Crippen molar-refractivity contribution >= 4 is 5.97 Å². The lowest BCUT2D eigenvalue weighted by molar-refractivity contribution is -0.145. The molecule has 0 amide bonds. The predicted octanol–water partition coefficient (Wildman–Crippen LogP) is 0.803. The van der Waals surface area contributed by atoms with E-state index in [-0.39, 0.29) is 5.92 Å². The third kappa shape index (κ3) is 4.10. The summed E-state index contributed by atoms with van der Waals surface area (Å²) in [4.78, 5) is 15.4. The van der Waals surface area contributed by atoms with Gasteiger partial charge in [-0.2, -0.15) is 5.48 Å². The highest BCUT2D eigenvalue weighted by Crippen LogP contribution is 2.00. The average molecular weight is 173 g/mol. The zero-order valence-electron chi connectivity index (χ0n) is 7.41. The van der Waals surface area contributed by atoms with E-state index in [1.54, 1.807) is 6.08 Å². The van der Waals surface area contributed by atoms with Gasteiger partial charge in [0.15, 0.2) is 0 Å². The van der Waals surface area contributed by atoms with Crippen molar-refractivity contribution in [3.8, 4) is 0 Å². The van der Waals surface area contributed by atoms with Crippen LogP contribution >= 0.6 is 0 Å². The van der Waals surface area contributed by atoms with Gasteiger partial charge in [-0.25, -0.2) is 0 Å². The molecule has 12 heavy (non-hydrogen) atoms. The van der Waals surface area contributed by atoms with Gasteiger partial charge in [-0.1, -0.05) is 19.9 Å². The van der Waals surface area contributed by atoms with Crippen LogP contribution in [0.3, 0.4) is 0 Å². The lowest BCUT2D eigenvalue weighted by Gasteiger charge is -2.16. The Labute approximate surface area is 72.2 Å². The molecule has 70 valence electrons. The Balaban J connectivity index is 3.79. The van der Waals surface area contributed by atoms with Gasteiger partial charge in [-0.15, -0.1) is 6.58 Å². The first kappa shape index (κ1) is 11.1. The first-order valence-electron chi connectivity index (χ1n) is 3.80. The van der Waals surface area contributed by atoms with Crippen LogP contribution in [-0.4, -0.2) is 23.7 Å². The molecule has 0 saturated heterocycles. The van der Waals surface area contributed by atoms with Crippen LogP contribution in [0.4, 0.5) is 0 Å². The topological polar surface area (TPSA) is 58.6 Å². The van der Waals surface area contributed by atoms with Crippen molar-refractivity contribution in [1.82, 2.24) is 5.48 Å². The van der Waals surface area contributed by atoms with Gasteiger partial charge in [0.25, 0.3) is 0 Å². The zero-order chi connectivity index (χ0) is 9.56. The Hall–Kier alpha value is -0.870. The molecule has 0 aliphatic rings. The van der Waals surface area contributed by atoms with E-state index in [9.17, 15) is 4.79 Å². The maximum absolute atomic E-state index is 10.6. The number of aliphatic carboxylic acids is 1. The highest BCUT2D eigenvalue weighted by Gasteiger charge is 2.20. The number of nitrogens with one attached hydrogen (secondary N) is 1. The fourth-order valence-corrected chi connectivity index (χ4v) is 0.668. The maximum Gasteiger partial charge on any atom is 0.323 e. The molecule has 0 aromatic heterocycles. The van der Waals surface area contributed by atoms with Crippen LogP contribution in [0.25, 0.3) is 0 Å². The van der Waals surface area contributed by atoms with Gasteiger partial charge in [0, 0.05) is 0 Å². The molecule has 0 rings (SSSR count). The highest BCUT2D eigenvalue weighted by atomic mass is 16.6. The van der Waals surface area contributed by atoms with E-state index in [0.29, 0.717) is 6.61 Å². The lowest BCUT2D eigenvalue weighted by Crippen LogP contribution is -2.40. The van der Waals surface area contributed by atoms with Gasteiger partial charge < -0.3 is 5.11 Å². The summed E-state index contributed by atoms with van der Waals surface area (Å²) >= 11 is 0. The molecular formula is C8H15NO3. The summed E-state index contributed by atoms with van der Waals surface area (Å²) in [6, 6.07) is -0.662. The summed E-state index contributed by atoms with van der Waals surface area (Å²) in [5.41, 5.74) is 2.45. The Morgan fingerprint density at radius 3 is 2.67 bits per heavy atom. The number of hydrogen-bond acceptors (Lipinski definition) is 3. The molecular weight excluding hydrogens is 158 g/mol. The van der Waals surface area contributed by atoms with Crippen LogP contribution in [0.1, 0.15) is 13.8 Å². The zero-order valence-corrected chi connectivity index (χ0v) is 7.41. The molecule has 0 aliphatic heterocycles. The van der Waals surface area contributed by atoms with Gasteiger partial charge >= 0.3 is 5.97 Å². The molecule has 0 aromatic rings. The fourth-order valence-electron chi connectivity index (χ4n) is 0.668. The molecule has 0 radical (unpaired) electrons. The smallest absolute Gasteiger partial charge is 0.323 e. The third-order valence-corrected chi connectivity index (χ3v) is 1.34. The number of carboxylic acids is 1. The number of carbonyl (C=O) groups is 1. The average Bonchev–Trinajstić information content (AvgIpc) is 1.96. The van der Waals surface area contributed by atoms with Crippen molar-refractivity contribution in [2.24, 2.45) is 5.92 Å². The number of carboxylic acid groups (broad SMARTS) is 1. The minimum absolute atomic E-state index is 0.00712. The predicted molar refractivity (Wildman–Crippen MR) is 45.5 cm³/mol. The van der Waals surface area contributed by atoms with E-state index >= 15 is 0 Å². The second kappa shape index (κ2) is 5.74. The first-order valence-corrected chi connectivity index (χ1v) is 3.80. The summed E-state index contributed by atoms with van der Waals surface area (Å²) < 4.78 is 0. The molecule has 0 heterocycles. The lowest BCUT2D eigenvalue weighted by atomic mass is 10.1. The van der Waals surface area contributed by atoms with E-state index in [1.807, 2.05) is 13.8 Å². The summed E-state index contributed by atoms with van der Waals surface area (Å²) in [7, 11) is 0. The summed E-state index contributed by atoms with van der Waals surface area (Å²) in [6.07, 6.45) is 1.55. The molecule has 0 fully saturated rings. The van der Waals surface area contributed by atoms with Crippen LogP contribution in [-0.2, 0) is 9.63 Å². The van der Waals surface area contributed by atoms with Crippen molar-refractivity contribution in [2.75, 3.05) is 6.61 Å². The molecule has 4 heteroatoms. The molecule has 0 aliphatic carbocycles. The van der Waals surface area contributed by atoms with E-state index in [0.717, 1.165) is 0 Å². The Morgan fingerprint density at radius 2 is 2.33 bits per heavy atom. The van der Waals surface area contributed by atoms with E-state index in [1.165, 1.54) is 0 Å². The number of hydroxylamine groups is 1. The van der Waals surface area contributed by atoms with E-state index in [2.05, 4.69) is 12.1 Å². The van der Waals surface area contributed by atoms with Gasteiger partial charge in [-0.05, 0) is 5.92 Å². The third-order valence-electron chi connectivity index (χ3n) is 1.34. The normalized spacial score (nSPS) is 12.9. The molecule has 0 saturated carbocycles. The van der Waals surface area contributed by atoms with E-state index < -0.39 is 12.0 Å². The minimum Gasteiger partial charge on any atom is -0.480 e. The monoisotopic (exact) mass is 173 g/mol. The summed E-state index contributed by atoms with van der Waals surface area (Å²) in [6.45, 7) is 7.35. The van der Waals surface area contributed by atoms with Gasteiger partial charge in [0.05, 0.1) is 6.61 Å². The summed E-state index contributed by atoms with van der Waals surface area (Å²) in [5.74, 6) is -0.915. The second-order valence-corrected chi connectivity index (χ2v) is 2.78. The van der Waals surface area contributed by atoms with Gasteiger partial charge in [0.1, 0.15) is 6.04 Å². The fraction of sp³-hybridized carbons (Fsp3) is 0.625. The van der Waals surface area contributed by atoms with Crippen molar-refractivity contribution in [2.45, 2.75) is 19.9 Å². The van der Waals surface area contributed by atoms with Crippen molar-refractivity contribution < 1.29 is 14.7 Å². The van der Waals surface area contributed by atoms with Crippen molar-refractivity contribution in [1.29, 1.82) is 0 Å². The van der Waals surface area contributed by atoms with Crippen LogP contribution in [0.2, 0.25) is 0 Å². The molecule has 0 spiro atoms. The molecule has 2 N–H and O–H groups in total. The maximum atomic E-state index is 10.6. The van der Waals surface area contributed by atoms with Crippen molar-refractivity contribution in [3.63, 3.8) is 0 Å². The first-order chi connectivity index (χ1) is 5.59. The SMILES string of the molecule is C=CCON[C@H](C(=O)O)C(C)C. The van der Waals surface area contributed by atoms with Crippen LogP contribution in [0.5, 0.6) is 0 Å². The second-order valence-electron chi connectivity index (χ2n) is 2.78. The standard InChI is InChI=1S/C8H15NO3/c1-4-5-12-9-7(6(2)3)8(10)11/h4,6-7,9H,1,5H2,2-3H3,(H,10,11)/t7-/m0/s1. The number of hydrogen-bond donors (Lipinski definition) is 2. The van der Waals surface area contributed by atoms with Gasteiger partial charge in [0.2, 0.25) is 0 Å². The largest absolute Gasteiger partial charge is 0.480 e.